The summed E-state index contributed by atoms with van der Waals surface area (Å²) in [6, 6.07) is 29.6. The van der Waals surface area contributed by atoms with Gasteiger partial charge in [-0.2, -0.15) is 0 Å². The SMILES string of the molecule is CN(C)CCC[N+](C)(C)CCCOc1ccc(-c2c3nc(cc4ccc([nH]4)c(-c4ccc(OCCC[N+](C)(C)CCCN(C)C)cc4)c4nc(cc5ccc2[nH]5)C=C4)C=C3)cc1.[Cl-].[Cl-]. The molecule has 0 fully saturated rings. The van der Waals surface area contributed by atoms with E-state index in [9.17, 15) is 0 Å². The number of H-pyrrole nitrogens is 2. The monoisotopic (exact) mass is 906 g/mol. The average Bonchev–Trinajstić information content (AvgIpc) is 4.07. The maximum atomic E-state index is 6.23. The van der Waals surface area contributed by atoms with Crippen LogP contribution in [0.15, 0.2) is 84.9 Å². The van der Waals surface area contributed by atoms with Crippen LogP contribution in [0.5, 0.6) is 11.5 Å². The minimum Gasteiger partial charge on any atom is -1.00 e. The first-order valence-electron chi connectivity index (χ1n) is 22.3. The van der Waals surface area contributed by atoms with E-state index in [0.29, 0.717) is 13.2 Å². The number of aromatic nitrogens is 4. The molecule has 2 aliphatic rings. The molecule has 7 rings (SSSR count). The third-order valence-electron chi connectivity index (χ3n) is 11.8. The van der Waals surface area contributed by atoms with Crippen molar-refractivity contribution in [3.8, 4) is 33.8 Å². The molecule has 0 spiro atoms. The smallest absolute Gasteiger partial charge is 0.119 e. The van der Waals surface area contributed by atoms with Crippen molar-refractivity contribution in [3.05, 3.63) is 108 Å². The molecule has 12 heteroatoms. The molecule has 0 radical (unpaired) electrons. The fraction of sp³-hybridized carbons (Fsp3) is 0.385. The summed E-state index contributed by atoms with van der Waals surface area (Å²) in [5.41, 5.74) is 11.7. The van der Waals surface area contributed by atoms with Crippen molar-refractivity contribution in [3.63, 3.8) is 0 Å². The second-order valence-corrected chi connectivity index (χ2v) is 18.7. The molecule has 0 aliphatic carbocycles. The van der Waals surface area contributed by atoms with E-state index in [4.69, 9.17) is 19.4 Å². The van der Waals surface area contributed by atoms with Gasteiger partial charge in [0.25, 0.3) is 0 Å². The van der Waals surface area contributed by atoms with Gasteiger partial charge in [0.05, 0.1) is 90.4 Å². The largest absolute Gasteiger partial charge is 1.00 e. The highest BCUT2D eigenvalue weighted by atomic mass is 35.5. The summed E-state index contributed by atoms with van der Waals surface area (Å²) in [6.07, 6.45) is 12.8. The summed E-state index contributed by atoms with van der Waals surface area (Å²) >= 11 is 0. The Hall–Kier alpha value is -4.94. The molecule has 5 aromatic rings. The van der Waals surface area contributed by atoms with Gasteiger partial charge < -0.3 is 63.0 Å². The molecule has 342 valence electrons. The van der Waals surface area contributed by atoms with Crippen LogP contribution in [0.3, 0.4) is 0 Å². The quantitative estimate of drug-likeness (QED) is 0.0901. The van der Waals surface area contributed by atoms with Crippen LogP contribution in [0.1, 0.15) is 48.5 Å². The van der Waals surface area contributed by atoms with Crippen molar-refractivity contribution in [1.82, 2.24) is 29.7 Å². The van der Waals surface area contributed by atoms with Gasteiger partial charge in [0.2, 0.25) is 0 Å². The summed E-state index contributed by atoms with van der Waals surface area (Å²) < 4.78 is 14.5. The van der Waals surface area contributed by atoms with Gasteiger partial charge in [0.15, 0.2) is 0 Å². The molecule has 2 N–H and O–H groups in total. The fourth-order valence-corrected chi connectivity index (χ4v) is 8.33. The van der Waals surface area contributed by atoms with Gasteiger partial charge in [-0.1, -0.05) is 24.3 Å². The normalized spacial score (nSPS) is 12.4. The maximum Gasteiger partial charge on any atom is 0.119 e. The van der Waals surface area contributed by atoms with Crippen LogP contribution < -0.4 is 34.3 Å². The number of benzene rings is 2. The molecule has 0 saturated heterocycles. The number of nitrogens with zero attached hydrogens (tertiary/aromatic N) is 6. The molecule has 2 aliphatic heterocycles. The Morgan fingerprint density at radius 2 is 0.859 bits per heavy atom. The van der Waals surface area contributed by atoms with E-state index < -0.39 is 0 Å². The Balaban J connectivity index is 0.00000385. The van der Waals surface area contributed by atoms with E-state index in [-0.39, 0.29) is 24.8 Å². The number of hydrogen-bond donors (Lipinski definition) is 2. The molecule has 0 saturated carbocycles. The third kappa shape index (κ3) is 14.0. The number of aromatic amines is 2. The van der Waals surface area contributed by atoms with Gasteiger partial charge >= 0.3 is 0 Å². The molecular weight excluding hydrogens is 840 g/mol. The lowest BCUT2D eigenvalue weighted by molar-refractivity contribution is -0.890. The lowest BCUT2D eigenvalue weighted by Gasteiger charge is -2.30. The van der Waals surface area contributed by atoms with Crippen molar-refractivity contribution < 1.29 is 43.3 Å². The highest BCUT2D eigenvalue weighted by Crippen LogP contribution is 2.33. The molecule has 5 heterocycles. The fourth-order valence-electron chi connectivity index (χ4n) is 8.33. The zero-order valence-corrected chi connectivity index (χ0v) is 40.6. The Morgan fingerprint density at radius 1 is 0.484 bits per heavy atom. The lowest BCUT2D eigenvalue weighted by atomic mass is 10.0. The van der Waals surface area contributed by atoms with E-state index in [1.807, 2.05) is 0 Å². The van der Waals surface area contributed by atoms with Gasteiger partial charge in [-0.3, -0.25) is 0 Å². The summed E-state index contributed by atoms with van der Waals surface area (Å²) in [5, 5.41) is 0. The number of nitrogens with one attached hydrogen (secondary N) is 2. The van der Waals surface area contributed by atoms with Crippen molar-refractivity contribution >= 4 is 46.4 Å². The molecule has 0 atom stereocenters. The average molecular weight is 908 g/mol. The summed E-state index contributed by atoms with van der Waals surface area (Å²) in [5.74, 6) is 1.76. The van der Waals surface area contributed by atoms with Crippen molar-refractivity contribution in [2.75, 3.05) is 109 Å². The van der Waals surface area contributed by atoms with Crippen molar-refractivity contribution in [2.45, 2.75) is 25.7 Å². The minimum atomic E-state index is 0. The number of ether oxygens (including phenoxy) is 2. The third-order valence-corrected chi connectivity index (χ3v) is 11.8. The van der Waals surface area contributed by atoms with Crippen LogP contribution in [0.25, 0.3) is 68.6 Å². The zero-order chi connectivity index (χ0) is 43.7. The number of quaternary nitrogens is 2. The van der Waals surface area contributed by atoms with Gasteiger partial charge in [-0.25, -0.2) is 9.97 Å². The molecule has 10 nitrogen and oxygen atoms in total. The van der Waals surface area contributed by atoms with Crippen LogP contribution in [-0.2, 0) is 0 Å². The van der Waals surface area contributed by atoms with Crippen LogP contribution in [0, 0.1) is 0 Å². The maximum absolute atomic E-state index is 6.23. The molecule has 0 amide bonds. The highest BCUT2D eigenvalue weighted by molar-refractivity contribution is 5.93. The predicted molar refractivity (Wildman–Crippen MR) is 260 cm³/mol. The molecule has 0 unspecified atom stereocenters. The Labute approximate surface area is 393 Å². The van der Waals surface area contributed by atoms with E-state index >= 15 is 0 Å². The molecule has 64 heavy (non-hydrogen) atoms. The molecule has 2 aromatic carbocycles. The number of halogens is 2. The second-order valence-electron chi connectivity index (χ2n) is 18.7. The van der Waals surface area contributed by atoms with E-state index in [0.717, 1.165) is 140 Å². The standard InChI is InChI=1S/C52H68N8O2.2ClH/c1-57(2)29-9-31-59(5,6)33-11-35-61-45-21-13-39(14-22-45)51-47-25-17-41(53-47)37-43-19-27-49(55-43)52(50-28-20-44(56-50)38-42-18-26-48(51)54-42)40-15-23-46(24-16-40)62-36-12-34-60(7,8)32-10-30-58(3)4;;/h13-28,37-38,53,56H,9-12,29-36H2,1-8H3;2*1H/q+2;;/p-2. The predicted octanol–water partition coefficient (Wildman–Crippen LogP) is 3.59. The van der Waals surface area contributed by atoms with E-state index in [2.05, 4.69) is 185 Å². The zero-order valence-electron chi connectivity index (χ0n) is 39.1. The first-order valence-corrected chi connectivity index (χ1v) is 22.3. The molecular formula is C52H68Cl2N8O2. The molecule has 3 aromatic heterocycles. The Morgan fingerprint density at radius 3 is 1.23 bits per heavy atom. The minimum absolute atomic E-state index is 0. The topological polar surface area (TPSA) is 82.3 Å². The van der Waals surface area contributed by atoms with Crippen molar-refractivity contribution in [2.24, 2.45) is 0 Å². The van der Waals surface area contributed by atoms with Crippen LogP contribution in [0.4, 0.5) is 0 Å². The Bertz CT molecular complexity index is 2330. The number of fused-ring (bicyclic) bond motifs is 8. The lowest BCUT2D eigenvalue weighted by Crippen LogP contribution is -3.00. The number of hydrogen-bond acceptors (Lipinski definition) is 6. The van der Waals surface area contributed by atoms with Gasteiger partial charge in [0.1, 0.15) is 11.5 Å². The van der Waals surface area contributed by atoms with Crippen LogP contribution >= 0.6 is 0 Å². The van der Waals surface area contributed by atoms with E-state index in [1.165, 1.54) is 12.8 Å². The van der Waals surface area contributed by atoms with Gasteiger partial charge in [-0.05, 0) is 124 Å². The van der Waals surface area contributed by atoms with E-state index in [1.54, 1.807) is 0 Å². The summed E-state index contributed by atoms with van der Waals surface area (Å²) in [4.78, 5) is 22.2. The van der Waals surface area contributed by atoms with Crippen molar-refractivity contribution in [1.29, 1.82) is 0 Å². The summed E-state index contributed by atoms with van der Waals surface area (Å²) in [6.45, 7) is 8.13. The van der Waals surface area contributed by atoms with Gasteiger partial charge in [0, 0.05) is 72.0 Å². The highest BCUT2D eigenvalue weighted by Gasteiger charge is 2.17. The Kier molecular flexibility index (Phi) is 17.8. The van der Waals surface area contributed by atoms with Crippen LogP contribution in [-0.4, -0.2) is 148 Å². The van der Waals surface area contributed by atoms with Gasteiger partial charge in [-0.15, -0.1) is 0 Å². The second kappa shape index (κ2) is 22.8. The molecule has 8 bridgehead atoms. The number of rotatable bonds is 20. The first-order chi connectivity index (χ1) is 29.8. The summed E-state index contributed by atoms with van der Waals surface area (Å²) in [7, 11) is 17.8. The van der Waals surface area contributed by atoms with Crippen LogP contribution in [0.2, 0.25) is 0 Å². The first kappa shape index (κ1) is 50.1.